The first-order valence-corrected chi connectivity index (χ1v) is 9.19. The van der Waals surface area contributed by atoms with Gasteiger partial charge in [0.15, 0.2) is 0 Å². The number of carbonyl (C=O) groups is 3. The fraction of sp³-hybridized carbons (Fsp3) is 0.611. The topological polar surface area (TPSA) is 92.7 Å². The lowest BCUT2D eigenvalue weighted by molar-refractivity contribution is -0.138. The summed E-state index contributed by atoms with van der Waals surface area (Å²) < 4.78 is 4.90. The number of carbonyl (C=O) groups excluding carboxylic acids is 2. The monoisotopic (exact) mass is 367 g/mol. The normalized spacial score (nSPS) is 16.9. The van der Waals surface area contributed by atoms with E-state index in [1.807, 2.05) is 0 Å². The molecule has 0 unspecified atom stereocenters. The van der Waals surface area contributed by atoms with Gasteiger partial charge in [0.2, 0.25) is 5.91 Å². The number of aliphatic carboxylic acids is 1. The highest BCUT2D eigenvalue weighted by molar-refractivity contribution is 7.17. The Bertz CT molecular complexity index is 686. The largest absolute Gasteiger partial charge is 0.481 e. The van der Waals surface area contributed by atoms with Crippen molar-refractivity contribution in [3.05, 3.63) is 16.0 Å². The molecule has 138 valence electrons. The summed E-state index contributed by atoms with van der Waals surface area (Å²) in [7, 11) is 1.32. The maximum Gasteiger partial charge on any atom is 0.341 e. The van der Waals surface area contributed by atoms with Crippen LogP contribution in [-0.2, 0) is 27.2 Å². The van der Waals surface area contributed by atoms with E-state index >= 15 is 0 Å². The third-order valence-corrected chi connectivity index (χ3v) is 5.87. The summed E-state index contributed by atoms with van der Waals surface area (Å²) >= 11 is 1.41. The lowest BCUT2D eigenvalue weighted by Gasteiger charge is -2.33. The number of carboxylic acids is 1. The molecular weight excluding hydrogens is 342 g/mol. The van der Waals surface area contributed by atoms with Crippen molar-refractivity contribution in [2.24, 2.45) is 11.3 Å². The Morgan fingerprint density at radius 3 is 2.52 bits per heavy atom. The number of thiophene rings is 1. The number of fused-ring (bicyclic) bond motifs is 1. The predicted octanol–water partition coefficient (Wildman–Crippen LogP) is 3.49. The smallest absolute Gasteiger partial charge is 0.341 e. The first-order chi connectivity index (χ1) is 11.6. The van der Waals surface area contributed by atoms with E-state index in [1.165, 1.54) is 18.4 Å². The molecule has 0 radical (unpaired) electrons. The molecule has 0 aromatic carbocycles. The minimum absolute atomic E-state index is 0.122. The lowest BCUT2D eigenvalue weighted by atomic mass is 9.72. The molecule has 6 nitrogen and oxygen atoms in total. The second-order valence-corrected chi connectivity index (χ2v) is 8.55. The lowest BCUT2D eigenvalue weighted by Crippen LogP contribution is -2.26. The minimum atomic E-state index is -1.03. The van der Waals surface area contributed by atoms with Crippen LogP contribution >= 0.6 is 11.3 Å². The summed E-state index contributed by atoms with van der Waals surface area (Å²) in [5.74, 6) is -1.37. The van der Waals surface area contributed by atoms with Gasteiger partial charge in [0.05, 0.1) is 19.1 Å². The fourth-order valence-electron chi connectivity index (χ4n) is 3.14. The average molecular weight is 367 g/mol. The van der Waals surface area contributed by atoms with E-state index in [9.17, 15) is 14.4 Å². The molecule has 0 aliphatic heterocycles. The summed E-state index contributed by atoms with van der Waals surface area (Å²) in [6.45, 7) is 6.64. The van der Waals surface area contributed by atoms with Crippen molar-refractivity contribution in [2.75, 3.05) is 12.4 Å². The molecule has 1 heterocycles. The number of amides is 1. The Hall–Kier alpha value is -1.89. The summed E-state index contributed by atoms with van der Waals surface area (Å²) in [6, 6.07) is 0. The summed E-state index contributed by atoms with van der Waals surface area (Å²) in [5.41, 5.74) is 1.57. The molecule has 7 heteroatoms. The number of esters is 1. The van der Waals surface area contributed by atoms with E-state index in [-0.39, 0.29) is 18.3 Å². The van der Waals surface area contributed by atoms with Crippen LogP contribution in [0.15, 0.2) is 0 Å². The van der Waals surface area contributed by atoms with Crippen molar-refractivity contribution in [3.8, 4) is 0 Å². The second-order valence-electron chi connectivity index (χ2n) is 7.45. The van der Waals surface area contributed by atoms with Crippen LogP contribution in [0.4, 0.5) is 5.00 Å². The van der Waals surface area contributed by atoms with Gasteiger partial charge in [-0.3, -0.25) is 9.59 Å². The van der Waals surface area contributed by atoms with E-state index < -0.39 is 17.8 Å². The Morgan fingerprint density at radius 1 is 1.28 bits per heavy atom. The SMILES string of the molecule is COC(=O)c1c(NC(=O)CCC(=O)O)sc2c1CC[C@@H](C(C)(C)C)C2. The van der Waals surface area contributed by atoms with Crippen LogP contribution in [0.25, 0.3) is 0 Å². The molecular formula is C18H25NO5S. The number of anilines is 1. The van der Waals surface area contributed by atoms with Crippen molar-refractivity contribution >= 4 is 34.2 Å². The number of rotatable bonds is 5. The van der Waals surface area contributed by atoms with E-state index in [2.05, 4.69) is 26.1 Å². The van der Waals surface area contributed by atoms with E-state index in [0.29, 0.717) is 16.5 Å². The van der Waals surface area contributed by atoms with Crippen molar-refractivity contribution in [3.63, 3.8) is 0 Å². The third kappa shape index (κ3) is 4.60. The summed E-state index contributed by atoms with van der Waals surface area (Å²) in [5, 5.41) is 11.9. The Kier molecular flexibility index (Phi) is 5.87. The zero-order valence-corrected chi connectivity index (χ0v) is 15.9. The average Bonchev–Trinajstić information content (AvgIpc) is 2.88. The van der Waals surface area contributed by atoms with Crippen molar-refractivity contribution < 1.29 is 24.2 Å². The second kappa shape index (κ2) is 7.56. The molecule has 25 heavy (non-hydrogen) atoms. The molecule has 2 rings (SSSR count). The zero-order chi connectivity index (χ0) is 18.8. The Labute approximate surface area is 151 Å². The summed E-state index contributed by atoms with van der Waals surface area (Å²) in [6.07, 6.45) is 2.28. The van der Waals surface area contributed by atoms with Crippen molar-refractivity contribution in [2.45, 2.75) is 52.9 Å². The van der Waals surface area contributed by atoms with E-state index in [0.717, 1.165) is 29.7 Å². The van der Waals surface area contributed by atoms with Gasteiger partial charge < -0.3 is 15.2 Å². The quantitative estimate of drug-likeness (QED) is 0.777. The van der Waals surface area contributed by atoms with Gasteiger partial charge in [-0.05, 0) is 36.2 Å². The highest BCUT2D eigenvalue weighted by Crippen LogP contribution is 2.44. The molecule has 1 amide bonds. The van der Waals surface area contributed by atoms with Crippen LogP contribution in [-0.4, -0.2) is 30.1 Å². The number of carboxylic acid groups (broad SMARTS) is 1. The molecule has 0 spiro atoms. The number of ether oxygens (including phenoxy) is 1. The van der Waals surface area contributed by atoms with Crippen LogP contribution in [0, 0.1) is 11.3 Å². The molecule has 0 bridgehead atoms. The molecule has 1 aromatic rings. The van der Waals surface area contributed by atoms with Crippen molar-refractivity contribution in [1.82, 2.24) is 0 Å². The van der Waals surface area contributed by atoms with Crippen LogP contribution in [0.3, 0.4) is 0 Å². The molecule has 1 aliphatic rings. The van der Waals surface area contributed by atoms with Gasteiger partial charge in [-0.1, -0.05) is 20.8 Å². The van der Waals surface area contributed by atoms with Gasteiger partial charge in [0.25, 0.3) is 0 Å². The van der Waals surface area contributed by atoms with E-state index in [4.69, 9.17) is 9.84 Å². The maximum atomic E-state index is 12.2. The van der Waals surface area contributed by atoms with Crippen LogP contribution in [0.5, 0.6) is 0 Å². The Balaban J connectivity index is 2.28. The first-order valence-electron chi connectivity index (χ1n) is 8.38. The van der Waals surface area contributed by atoms with Gasteiger partial charge in [-0.2, -0.15) is 0 Å². The number of nitrogens with one attached hydrogen (secondary N) is 1. The molecule has 2 N–H and O–H groups in total. The standard InChI is InChI=1S/C18H25NO5S/c1-18(2,3)10-5-6-11-12(9-10)25-16(15(11)17(23)24-4)19-13(20)7-8-14(21)22/h10H,5-9H2,1-4H3,(H,19,20)(H,21,22)/t10-/m1/s1. The van der Waals surface area contributed by atoms with Crippen LogP contribution < -0.4 is 5.32 Å². The number of hydrogen-bond donors (Lipinski definition) is 2. The third-order valence-electron chi connectivity index (χ3n) is 4.70. The summed E-state index contributed by atoms with van der Waals surface area (Å²) in [4.78, 5) is 36.0. The Morgan fingerprint density at radius 2 is 1.96 bits per heavy atom. The molecule has 1 atom stereocenters. The highest BCUT2D eigenvalue weighted by Gasteiger charge is 2.34. The van der Waals surface area contributed by atoms with Gasteiger partial charge in [-0.25, -0.2) is 4.79 Å². The minimum Gasteiger partial charge on any atom is -0.481 e. The molecule has 0 saturated carbocycles. The fourth-order valence-corrected chi connectivity index (χ4v) is 4.47. The van der Waals surface area contributed by atoms with Gasteiger partial charge in [-0.15, -0.1) is 11.3 Å². The number of methoxy groups -OCH3 is 1. The van der Waals surface area contributed by atoms with Crippen LogP contribution in [0.1, 0.15) is 60.8 Å². The maximum absolute atomic E-state index is 12.2. The van der Waals surface area contributed by atoms with Gasteiger partial charge in [0.1, 0.15) is 5.00 Å². The highest BCUT2D eigenvalue weighted by atomic mass is 32.1. The molecule has 1 aliphatic carbocycles. The molecule has 0 fully saturated rings. The first kappa shape index (κ1) is 19.4. The van der Waals surface area contributed by atoms with E-state index in [1.54, 1.807) is 0 Å². The van der Waals surface area contributed by atoms with Crippen LogP contribution in [0.2, 0.25) is 0 Å². The number of hydrogen-bond acceptors (Lipinski definition) is 5. The zero-order valence-electron chi connectivity index (χ0n) is 15.1. The molecule has 1 aromatic heterocycles. The predicted molar refractivity (Wildman–Crippen MR) is 96.1 cm³/mol. The van der Waals surface area contributed by atoms with Gasteiger partial charge in [0, 0.05) is 11.3 Å². The van der Waals surface area contributed by atoms with Gasteiger partial charge >= 0.3 is 11.9 Å². The molecule has 0 saturated heterocycles. The van der Waals surface area contributed by atoms with Crippen molar-refractivity contribution in [1.29, 1.82) is 0 Å².